The van der Waals surface area contributed by atoms with E-state index in [0.717, 1.165) is 17.7 Å². The summed E-state index contributed by atoms with van der Waals surface area (Å²) in [6.07, 6.45) is 18.8. The van der Waals surface area contributed by atoms with Crippen LogP contribution in [0.3, 0.4) is 0 Å². The van der Waals surface area contributed by atoms with Crippen molar-refractivity contribution in [2.24, 2.45) is 17.3 Å². The van der Waals surface area contributed by atoms with Gasteiger partial charge in [0.15, 0.2) is 0 Å². The molecule has 2 saturated carbocycles. The lowest BCUT2D eigenvalue weighted by molar-refractivity contribution is 0.0824. The Morgan fingerprint density at radius 2 is 1.58 bits per heavy atom. The van der Waals surface area contributed by atoms with Crippen molar-refractivity contribution in [2.45, 2.75) is 90.4 Å². The first-order valence-electron chi connectivity index (χ1n) is 8.86. The number of unbranched alkanes of at least 4 members (excludes halogenated alkanes) is 1. The van der Waals surface area contributed by atoms with E-state index in [4.69, 9.17) is 11.6 Å². The predicted octanol–water partition coefficient (Wildman–Crippen LogP) is 6.56. The number of hydrogen-bond donors (Lipinski definition) is 0. The Bertz CT molecular complexity index is 232. The van der Waals surface area contributed by atoms with Crippen molar-refractivity contribution in [3.63, 3.8) is 0 Å². The number of alkyl halides is 1. The van der Waals surface area contributed by atoms with Gasteiger partial charge in [-0.1, -0.05) is 51.9 Å². The van der Waals surface area contributed by atoms with Crippen LogP contribution in [0, 0.1) is 17.3 Å². The summed E-state index contributed by atoms with van der Waals surface area (Å²) in [4.78, 5) is 0. The fraction of sp³-hybridized carbons (Fsp3) is 1.00. The summed E-state index contributed by atoms with van der Waals surface area (Å²) < 4.78 is 0. The highest BCUT2D eigenvalue weighted by atomic mass is 35.5. The van der Waals surface area contributed by atoms with Gasteiger partial charge in [0.2, 0.25) is 0 Å². The molecule has 112 valence electrons. The number of rotatable bonds is 5. The highest BCUT2D eigenvalue weighted by Crippen LogP contribution is 2.50. The van der Waals surface area contributed by atoms with Crippen LogP contribution >= 0.6 is 11.6 Å². The molecule has 1 heteroatoms. The van der Waals surface area contributed by atoms with Gasteiger partial charge in [0.25, 0.3) is 0 Å². The van der Waals surface area contributed by atoms with Crippen molar-refractivity contribution >= 4 is 11.6 Å². The largest absolute Gasteiger partial charge is 0.126 e. The molecule has 0 bridgehead atoms. The van der Waals surface area contributed by atoms with Crippen molar-refractivity contribution in [2.75, 3.05) is 5.88 Å². The summed E-state index contributed by atoms with van der Waals surface area (Å²) in [5, 5.41) is 0. The Labute approximate surface area is 125 Å². The third-order valence-corrected chi connectivity index (χ3v) is 6.59. The lowest BCUT2D eigenvalue weighted by atomic mass is 9.62. The van der Waals surface area contributed by atoms with E-state index in [1.807, 2.05) is 0 Å². The van der Waals surface area contributed by atoms with Crippen molar-refractivity contribution in [3.8, 4) is 0 Å². The lowest BCUT2D eigenvalue weighted by Crippen LogP contribution is -2.36. The molecule has 0 radical (unpaired) electrons. The Hall–Kier alpha value is 0.290. The highest BCUT2D eigenvalue weighted by Gasteiger charge is 2.40. The normalized spacial score (nSPS) is 34.1. The summed E-state index contributed by atoms with van der Waals surface area (Å²) in [7, 11) is 0. The molecule has 0 amide bonds. The molecule has 0 aliphatic heterocycles. The van der Waals surface area contributed by atoms with Crippen LogP contribution in [0.2, 0.25) is 0 Å². The second-order valence-electron chi connectivity index (χ2n) is 7.27. The zero-order valence-corrected chi connectivity index (χ0v) is 13.7. The summed E-state index contributed by atoms with van der Waals surface area (Å²) in [5.41, 5.74) is 0.522. The molecule has 19 heavy (non-hydrogen) atoms. The number of halogens is 1. The second kappa shape index (κ2) is 7.91. The van der Waals surface area contributed by atoms with Crippen molar-refractivity contribution in [3.05, 3.63) is 0 Å². The molecule has 0 aromatic rings. The number of hydrogen-bond acceptors (Lipinski definition) is 0. The maximum atomic E-state index is 6.48. The van der Waals surface area contributed by atoms with E-state index in [1.165, 1.54) is 83.5 Å². The minimum atomic E-state index is 0.522. The van der Waals surface area contributed by atoms with Crippen LogP contribution in [-0.2, 0) is 0 Å². The topological polar surface area (TPSA) is 0 Å². The van der Waals surface area contributed by atoms with E-state index in [2.05, 4.69) is 6.92 Å². The summed E-state index contributed by atoms with van der Waals surface area (Å²) >= 11 is 6.48. The lowest BCUT2D eigenvalue weighted by Gasteiger charge is -2.45. The Kier molecular flexibility index (Phi) is 6.53. The second-order valence-corrected chi connectivity index (χ2v) is 7.54. The van der Waals surface area contributed by atoms with E-state index in [9.17, 15) is 0 Å². The molecule has 2 aliphatic carbocycles. The van der Waals surface area contributed by atoms with Crippen molar-refractivity contribution in [1.29, 1.82) is 0 Å². The van der Waals surface area contributed by atoms with E-state index in [-0.39, 0.29) is 0 Å². The van der Waals surface area contributed by atoms with Gasteiger partial charge < -0.3 is 0 Å². The Balaban J connectivity index is 1.89. The quantitative estimate of drug-likeness (QED) is 0.396. The average molecular weight is 285 g/mol. The molecule has 0 N–H and O–H groups in total. The fourth-order valence-corrected chi connectivity index (χ4v) is 5.06. The molecule has 2 aliphatic rings. The van der Waals surface area contributed by atoms with Gasteiger partial charge in [-0.3, -0.25) is 0 Å². The third kappa shape index (κ3) is 4.13. The zero-order valence-electron chi connectivity index (χ0n) is 12.9. The Morgan fingerprint density at radius 3 is 2.11 bits per heavy atom. The van der Waals surface area contributed by atoms with E-state index in [0.29, 0.717) is 5.41 Å². The summed E-state index contributed by atoms with van der Waals surface area (Å²) in [5.74, 6) is 2.89. The van der Waals surface area contributed by atoms with Crippen molar-refractivity contribution in [1.82, 2.24) is 0 Å². The van der Waals surface area contributed by atoms with Crippen LogP contribution < -0.4 is 0 Å². The maximum absolute atomic E-state index is 6.48. The van der Waals surface area contributed by atoms with Gasteiger partial charge >= 0.3 is 0 Å². The van der Waals surface area contributed by atoms with Gasteiger partial charge in [-0.15, -0.1) is 11.6 Å². The molecular weight excluding hydrogens is 252 g/mol. The molecule has 0 aromatic carbocycles. The molecule has 2 rings (SSSR count). The molecular formula is C18H33Cl. The van der Waals surface area contributed by atoms with Crippen LogP contribution in [0.4, 0.5) is 0 Å². The predicted molar refractivity (Wildman–Crippen MR) is 85.8 cm³/mol. The maximum Gasteiger partial charge on any atom is 0.0282 e. The first-order chi connectivity index (χ1) is 9.30. The van der Waals surface area contributed by atoms with E-state index < -0.39 is 0 Å². The molecule has 0 atom stereocenters. The fourth-order valence-electron chi connectivity index (χ4n) is 4.58. The smallest absolute Gasteiger partial charge is 0.0282 e. The van der Waals surface area contributed by atoms with E-state index in [1.54, 1.807) is 0 Å². The SMILES string of the molecule is CCCCC1CCC(CCl)(C2CCCCCC2)CC1. The van der Waals surface area contributed by atoms with Crippen LogP contribution in [0.1, 0.15) is 90.4 Å². The van der Waals surface area contributed by atoms with Gasteiger partial charge in [-0.05, 0) is 55.8 Å². The minimum absolute atomic E-state index is 0.522. The zero-order chi connectivity index (χ0) is 13.6. The molecule has 0 heterocycles. The molecule has 0 nitrogen and oxygen atoms in total. The first kappa shape index (κ1) is 15.7. The van der Waals surface area contributed by atoms with Gasteiger partial charge in [0, 0.05) is 5.88 Å². The van der Waals surface area contributed by atoms with Crippen LogP contribution in [0.5, 0.6) is 0 Å². The van der Waals surface area contributed by atoms with Crippen LogP contribution in [0.15, 0.2) is 0 Å². The minimum Gasteiger partial charge on any atom is -0.126 e. The summed E-state index contributed by atoms with van der Waals surface area (Å²) in [6.45, 7) is 2.32. The molecule has 0 spiro atoms. The molecule has 2 fully saturated rings. The van der Waals surface area contributed by atoms with Gasteiger partial charge in [-0.2, -0.15) is 0 Å². The van der Waals surface area contributed by atoms with Crippen LogP contribution in [-0.4, -0.2) is 5.88 Å². The molecule has 0 aromatic heterocycles. The average Bonchev–Trinajstić information content (AvgIpc) is 2.75. The van der Waals surface area contributed by atoms with Crippen LogP contribution in [0.25, 0.3) is 0 Å². The molecule has 0 unspecified atom stereocenters. The molecule has 0 saturated heterocycles. The third-order valence-electron chi connectivity index (χ3n) is 6.05. The Morgan fingerprint density at radius 1 is 0.947 bits per heavy atom. The highest BCUT2D eigenvalue weighted by molar-refractivity contribution is 6.18. The van der Waals surface area contributed by atoms with E-state index >= 15 is 0 Å². The van der Waals surface area contributed by atoms with Crippen molar-refractivity contribution < 1.29 is 0 Å². The van der Waals surface area contributed by atoms with Gasteiger partial charge in [-0.25, -0.2) is 0 Å². The van der Waals surface area contributed by atoms with Gasteiger partial charge in [0.05, 0.1) is 0 Å². The first-order valence-corrected chi connectivity index (χ1v) is 9.40. The summed E-state index contributed by atoms with van der Waals surface area (Å²) in [6, 6.07) is 0. The van der Waals surface area contributed by atoms with Gasteiger partial charge in [0.1, 0.15) is 0 Å². The monoisotopic (exact) mass is 284 g/mol. The standard InChI is InChI=1S/C18H33Cl/c1-2-3-8-16-11-13-18(15-19,14-12-16)17-9-6-4-5-7-10-17/h16-17H,2-15H2,1H3.